The number of ether oxygens (including phenoxy) is 1. The number of halogens is 1. The van der Waals surface area contributed by atoms with Crippen LogP contribution in [0.15, 0.2) is 30.5 Å². The minimum absolute atomic E-state index is 0.127. The standard InChI is InChI=1S/C14H11FN2O2S/c1-19-14-12(11(7-18)20-17-14)9-5-8-3-2-4-10(15)13(8)16-6-9/h2-6,18H,7H2,1H3. The van der Waals surface area contributed by atoms with Crippen molar-refractivity contribution in [3.05, 3.63) is 41.2 Å². The molecule has 0 spiro atoms. The maximum atomic E-state index is 13.6. The van der Waals surface area contributed by atoms with Crippen LogP contribution in [0.3, 0.4) is 0 Å². The maximum absolute atomic E-state index is 13.6. The van der Waals surface area contributed by atoms with Gasteiger partial charge >= 0.3 is 0 Å². The topological polar surface area (TPSA) is 55.2 Å². The van der Waals surface area contributed by atoms with Crippen LogP contribution in [0, 0.1) is 5.82 Å². The van der Waals surface area contributed by atoms with Gasteiger partial charge in [0.25, 0.3) is 0 Å². The summed E-state index contributed by atoms with van der Waals surface area (Å²) in [5.74, 6) is 0.0865. The molecule has 0 aliphatic heterocycles. The van der Waals surface area contributed by atoms with Crippen molar-refractivity contribution >= 4 is 22.4 Å². The van der Waals surface area contributed by atoms with Crippen LogP contribution in [0.2, 0.25) is 0 Å². The Morgan fingerprint density at radius 2 is 2.25 bits per heavy atom. The van der Waals surface area contributed by atoms with Gasteiger partial charge in [0.1, 0.15) is 11.3 Å². The van der Waals surface area contributed by atoms with Crippen molar-refractivity contribution in [2.75, 3.05) is 7.11 Å². The average Bonchev–Trinajstić information content (AvgIpc) is 2.90. The SMILES string of the molecule is COc1nsc(CO)c1-c1cnc2c(F)cccc2c1. The van der Waals surface area contributed by atoms with Crippen LogP contribution >= 0.6 is 11.5 Å². The number of aliphatic hydroxyl groups is 1. The molecule has 0 atom stereocenters. The van der Waals surface area contributed by atoms with Gasteiger partial charge in [-0.1, -0.05) is 12.1 Å². The molecule has 1 aromatic carbocycles. The number of benzene rings is 1. The number of aromatic nitrogens is 2. The quantitative estimate of drug-likeness (QED) is 0.805. The minimum Gasteiger partial charge on any atom is -0.480 e. The van der Waals surface area contributed by atoms with Crippen LogP contribution in [0.4, 0.5) is 4.39 Å². The van der Waals surface area contributed by atoms with Gasteiger partial charge in [-0.15, -0.1) is 0 Å². The molecule has 2 aromatic heterocycles. The molecule has 0 bridgehead atoms. The second-order valence-corrected chi connectivity index (χ2v) is 5.04. The molecule has 0 fully saturated rings. The Balaban J connectivity index is 2.22. The Hall–Kier alpha value is -2.05. The van der Waals surface area contributed by atoms with E-state index in [-0.39, 0.29) is 12.4 Å². The smallest absolute Gasteiger partial charge is 0.233 e. The summed E-state index contributed by atoms with van der Waals surface area (Å²) < 4.78 is 23.0. The molecule has 0 unspecified atom stereocenters. The van der Waals surface area contributed by atoms with Crippen molar-refractivity contribution in [2.45, 2.75) is 6.61 Å². The number of nitrogens with zero attached hydrogens (tertiary/aromatic N) is 2. The number of hydrogen-bond acceptors (Lipinski definition) is 5. The summed E-state index contributed by atoms with van der Waals surface area (Å²) in [7, 11) is 1.52. The molecular weight excluding hydrogens is 279 g/mol. The molecule has 0 aliphatic rings. The number of fused-ring (bicyclic) bond motifs is 1. The van der Waals surface area contributed by atoms with E-state index >= 15 is 0 Å². The van der Waals surface area contributed by atoms with E-state index in [0.29, 0.717) is 27.2 Å². The molecule has 3 aromatic rings. The summed E-state index contributed by atoms with van der Waals surface area (Å²) in [4.78, 5) is 4.85. The molecule has 0 radical (unpaired) electrons. The zero-order chi connectivity index (χ0) is 14.1. The zero-order valence-corrected chi connectivity index (χ0v) is 11.4. The van der Waals surface area contributed by atoms with E-state index in [1.54, 1.807) is 18.3 Å². The molecular formula is C14H11FN2O2S. The summed E-state index contributed by atoms with van der Waals surface area (Å²) in [6, 6.07) is 6.62. The highest BCUT2D eigenvalue weighted by Crippen LogP contribution is 2.36. The second kappa shape index (κ2) is 5.15. The van der Waals surface area contributed by atoms with Crippen molar-refractivity contribution in [1.82, 2.24) is 9.36 Å². The number of aliphatic hydroxyl groups excluding tert-OH is 1. The number of rotatable bonds is 3. The number of methoxy groups -OCH3 is 1. The fourth-order valence-corrected chi connectivity index (χ4v) is 2.81. The van der Waals surface area contributed by atoms with E-state index in [1.807, 2.05) is 6.07 Å². The molecule has 20 heavy (non-hydrogen) atoms. The van der Waals surface area contributed by atoms with Gasteiger partial charge in [0.05, 0.1) is 24.2 Å². The molecule has 3 rings (SSSR count). The minimum atomic E-state index is -0.355. The van der Waals surface area contributed by atoms with Crippen LogP contribution in [0.5, 0.6) is 5.88 Å². The second-order valence-electron chi connectivity index (χ2n) is 4.18. The van der Waals surface area contributed by atoms with Crippen molar-refractivity contribution < 1.29 is 14.2 Å². The lowest BCUT2D eigenvalue weighted by Gasteiger charge is -2.06. The van der Waals surface area contributed by atoms with Gasteiger partial charge < -0.3 is 9.84 Å². The fourth-order valence-electron chi connectivity index (χ4n) is 2.10. The Kier molecular flexibility index (Phi) is 3.33. The summed E-state index contributed by atoms with van der Waals surface area (Å²) in [6.45, 7) is -0.127. The van der Waals surface area contributed by atoms with Crippen LogP contribution in [-0.2, 0) is 6.61 Å². The molecule has 102 valence electrons. The number of para-hydroxylation sites is 1. The summed E-state index contributed by atoms with van der Waals surface area (Å²) in [5.41, 5.74) is 1.78. The first kappa shape index (κ1) is 13.0. The van der Waals surface area contributed by atoms with E-state index in [0.717, 1.165) is 5.56 Å². The predicted molar refractivity (Wildman–Crippen MR) is 75.3 cm³/mol. The van der Waals surface area contributed by atoms with Crippen LogP contribution in [0.1, 0.15) is 4.88 Å². The van der Waals surface area contributed by atoms with Crippen molar-refractivity contribution in [3.63, 3.8) is 0 Å². The predicted octanol–water partition coefficient (Wildman–Crippen LogP) is 3.00. The highest BCUT2D eigenvalue weighted by atomic mass is 32.1. The third-order valence-electron chi connectivity index (χ3n) is 3.02. The van der Waals surface area contributed by atoms with Gasteiger partial charge in [0, 0.05) is 17.1 Å². The van der Waals surface area contributed by atoms with E-state index in [2.05, 4.69) is 9.36 Å². The molecule has 1 N–H and O–H groups in total. The van der Waals surface area contributed by atoms with Crippen molar-refractivity contribution in [3.8, 4) is 17.0 Å². The normalized spacial score (nSPS) is 10.9. The van der Waals surface area contributed by atoms with Crippen LogP contribution < -0.4 is 4.74 Å². The highest BCUT2D eigenvalue weighted by Gasteiger charge is 2.17. The third kappa shape index (κ3) is 2.03. The maximum Gasteiger partial charge on any atom is 0.233 e. The molecule has 0 amide bonds. The molecule has 4 nitrogen and oxygen atoms in total. The van der Waals surface area contributed by atoms with E-state index in [9.17, 15) is 9.50 Å². The van der Waals surface area contributed by atoms with E-state index in [4.69, 9.17) is 4.74 Å². The van der Waals surface area contributed by atoms with Gasteiger partial charge in [-0.25, -0.2) is 4.39 Å². The largest absolute Gasteiger partial charge is 0.480 e. The molecule has 6 heteroatoms. The van der Waals surface area contributed by atoms with Gasteiger partial charge in [0.2, 0.25) is 5.88 Å². The first-order chi connectivity index (χ1) is 9.74. The Morgan fingerprint density at radius 1 is 1.40 bits per heavy atom. The van der Waals surface area contributed by atoms with Crippen LogP contribution in [-0.4, -0.2) is 21.6 Å². The van der Waals surface area contributed by atoms with Gasteiger partial charge in [-0.3, -0.25) is 4.98 Å². The summed E-state index contributed by atoms with van der Waals surface area (Å²) >= 11 is 1.18. The Bertz CT molecular complexity index is 751. The number of pyridine rings is 1. The lowest BCUT2D eigenvalue weighted by atomic mass is 10.1. The van der Waals surface area contributed by atoms with Crippen molar-refractivity contribution in [1.29, 1.82) is 0 Å². The first-order valence-corrected chi connectivity index (χ1v) is 6.70. The van der Waals surface area contributed by atoms with E-state index < -0.39 is 0 Å². The lowest BCUT2D eigenvalue weighted by Crippen LogP contribution is -1.91. The Morgan fingerprint density at radius 3 is 3.00 bits per heavy atom. The molecule has 0 saturated carbocycles. The van der Waals surface area contributed by atoms with Gasteiger partial charge in [0.15, 0.2) is 0 Å². The first-order valence-electron chi connectivity index (χ1n) is 5.92. The number of hydrogen-bond donors (Lipinski definition) is 1. The highest BCUT2D eigenvalue weighted by molar-refractivity contribution is 7.06. The Labute approximate surface area is 118 Å². The average molecular weight is 290 g/mol. The fraction of sp³-hybridized carbons (Fsp3) is 0.143. The van der Waals surface area contributed by atoms with Crippen LogP contribution in [0.25, 0.3) is 22.0 Å². The zero-order valence-electron chi connectivity index (χ0n) is 10.6. The van der Waals surface area contributed by atoms with Crippen molar-refractivity contribution in [2.24, 2.45) is 0 Å². The molecule has 0 saturated heterocycles. The third-order valence-corrected chi connectivity index (χ3v) is 3.83. The van der Waals surface area contributed by atoms with Gasteiger partial charge in [-0.05, 0) is 23.7 Å². The van der Waals surface area contributed by atoms with Gasteiger partial charge in [-0.2, -0.15) is 4.37 Å². The molecule has 0 aliphatic carbocycles. The monoisotopic (exact) mass is 290 g/mol. The van der Waals surface area contributed by atoms with E-state index in [1.165, 1.54) is 24.7 Å². The lowest BCUT2D eigenvalue weighted by molar-refractivity contribution is 0.285. The summed E-state index contributed by atoms with van der Waals surface area (Å²) in [5, 5.41) is 10.1. The summed E-state index contributed by atoms with van der Waals surface area (Å²) in [6.07, 6.45) is 1.57. The molecule has 2 heterocycles.